The van der Waals surface area contributed by atoms with E-state index in [0.717, 1.165) is 128 Å². The first-order valence-corrected chi connectivity index (χ1v) is 30.7. The molecule has 2 unspecified atom stereocenters. The van der Waals surface area contributed by atoms with Crippen LogP contribution in [0, 0.1) is 0 Å². The first-order chi connectivity index (χ1) is 37.0. The van der Waals surface area contributed by atoms with Crippen LogP contribution in [0.4, 0.5) is 0 Å². The third-order valence-corrected chi connectivity index (χ3v) is 12.5. The molecule has 0 aromatic heterocycles. The number of nitrogens with zero attached hydrogens (tertiary/aromatic N) is 1. The van der Waals surface area contributed by atoms with Gasteiger partial charge in [0.25, 0.3) is 7.82 Å². The van der Waals surface area contributed by atoms with E-state index < -0.39 is 32.5 Å². The van der Waals surface area contributed by atoms with E-state index in [4.69, 9.17) is 18.5 Å². The third kappa shape index (κ3) is 58.9. The van der Waals surface area contributed by atoms with Gasteiger partial charge in [-0.25, -0.2) is 0 Å². The van der Waals surface area contributed by atoms with E-state index in [2.05, 4.69) is 172 Å². The molecule has 0 heterocycles. The lowest BCUT2D eigenvalue weighted by Crippen LogP contribution is -2.37. The van der Waals surface area contributed by atoms with Gasteiger partial charge < -0.3 is 27.9 Å². The number of carbonyl (C=O) groups excluding carboxylic acids is 2. The van der Waals surface area contributed by atoms with Crippen molar-refractivity contribution in [3.05, 3.63) is 158 Å². The van der Waals surface area contributed by atoms with Gasteiger partial charge in [0.15, 0.2) is 6.10 Å². The summed E-state index contributed by atoms with van der Waals surface area (Å²) in [5.41, 5.74) is 0. The van der Waals surface area contributed by atoms with Crippen LogP contribution in [0.15, 0.2) is 158 Å². The largest absolute Gasteiger partial charge is 0.756 e. The van der Waals surface area contributed by atoms with Crippen LogP contribution in [0.1, 0.15) is 194 Å². The zero-order valence-corrected chi connectivity index (χ0v) is 49.3. The van der Waals surface area contributed by atoms with Crippen molar-refractivity contribution in [2.24, 2.45) is 0 Å². The molecule has 0 aliphatic rings. The Hall–Kier alpha value is -4.37. The second kappa shape index (κ2) is 55.4. The molecule has 0 aromatic carbocycles. The molecule has 9 nitrogen and oxygen atoms in total. The molecule has 0 bridgehead atoms. The Morgan fingerprint density at radius 2 is 0.711 bits per heavy atom. The zero-order valence-electron chi connectivity index (χ0n) is 48.4. The summed E-state index contributed by atoms with van der Waals surface area (Å²) >= 11 is 0. The van der Waals surface area contributed by atoms with Gasteiger partial charge in [-0.15, -0.1) is 0 Å². The fourth-order valence-electron chi connectivity index (χ4n) is 7.11. The SMILES string of the molecule is CC/C=C\C/C=C\C/C=C\C/C=C\C/C=C\C/C=C\C/C=C\C/C=C\C/C=C\C/C=C\CCCCCCCCCCC(=O)OC(COC(=O)CCCCC/C=C\C/C=C\C/C=C\CC)COP(=O)([O-])OCC[N+](C)(C)C. The molecule has 76 heavy (non-hydrogen) atoms. The summed E-state index contributed by atoms with van der Waals surface area (Å²) in [4.78, 5) is 37.7. The van der Waals surface area contributed by atoms with E-state index in [1.807, 2.05) is 21.1 Å². The number of ether oxygens (including phenoxy) is 2. The summed E-state index contributed by atoms with van der Waals surface area (Å²) in [5, 5.41) is 0. The number of hydrogen-bond donors (Lipinski definition) is 0. The molecule has 0 aliphatic carbocycles. The average Bonchev–Trinajstić information content (AvgIpc) is 3.38. The quantitative estimate of drug-likeness (QED) is 0.0195. The van der Waals surface area contributed by atoms with Crippen LogP contribution in [0.3, 0.4) is 0 Å². The number of phosphoric acid groups is 1. The highest BCUT2D eigenvalue weighted by Gasteiger charge is 2.21. The molecular weight excluding hydrogens is 966 g/mol. The van der Waals surface area contributed by atoms with Crippen molar-refractivity contribution in [1.82, 2.24) is 0 Å². The molecule has 0 aromatic rings. The number of phosphoric ester groups is 1. The number of likely N-dealkylation sites (N-methyl/N-ethyl adjacent to an activating group) is 1. The predicted octanol–water partition coefficient (Wildman–Crippen LogP) is 17.8. The first-order valence-electron chi connectivity index (χ1n) is 29.2. The van der Waals surface area contributed by atoms with Gasteiger partial charge in [0.05, 0.1) is 27.7 Å². The number of esters is 2. The Kier molecular flexibility index (Phi) is 52.2. The Balaban J connectivity index is 4.15. The van der Waals surface area contributed by atoms with Gasteiger partial charge in [-0.1, -0.05) is 217 Å². The van der Waals surface area contributed by atoms with Crippen molar-refractivity contribution in [3.63, 3.8) is 0 Å². The smallest absolute Gasteiger partial charge is 0.306 e. The molecule has 0 spiro atoms. The highest BCUT2D eigenvalue weighted by Crippen LogP contribution is 2.38. The minimum absolute atomic E-state index is 0.0460. The number of hydrogen-bond acceptors (Lipinski definition) is 8. The molecule has 0 aliphatic heterocycles. The normalized spacial score (nSPS) is 14.4. The van der Waals surface area contributed by atoms with Crippen LogP contribution < -0.4 is 4.89 Å². The average molecular weight is 1070 g/mol. The van der Waals surface area contributed by atoms with E-state index in [1.54, 1.807) is 0 Å². The predicted molar refractivity (Wildman–Crippen MR) is 323 cm³/mol. The lowest BCUT2D eigenvalue weighted by Gasteiger charge is -2.28. The van der Waals surface area contributed by atoms with Crippen LogP contribution in [-0.4, -0.2) is 70.0 Å². The van der Waals surface area contributed by atoms with E-state index in [-0.39, 0.29) is 26.1 Å². The summed E-state index contributed by atoms with van der Waals surface area (Å²) in [6.45, 7) is 3.93. The maximum Gasteiger partial charge on any atom is 0.306 e. The summed E-state index contributed by atoms with van der Waals surface area (Å²) in [6, 6.07) is 0. The third-order valence-electron chi connectivity index (χ3n) is 11.5. The highest BCUT2D eigenvalue weighted by molar-refractivity contribution is 7.45. The standard InChI is InChI=1S/C66H106NO8P/c1-6-8-10-12-14-16-18-20-21-22-23-24-25-26-27-28-29-30-31-32-33-34-35-36-37-38-39-40-41-42-43-44-45-47-49-51-53-55-57-59-66(69)75-64(63-74-76(70,71)73-61-60-67(3,4)5)62-72-65(68)58-56-54-52-50-48-46-19-17-15-13-11-9-7-2/h8-11,14-17,20-21,23-24,26-27,29-30,32-33,35-36,38-39,41-42,46,48,64H,6-7,12-13,18-19,22,25,28,31,34,37,40,43-45,47,49-63H2,1-5H3/b10-8-,11-9-,16-14-,17-15-,21-20-,24-23-,27-26-,30-29-,33-32-,36-35-,39-38-,42-41-,48-46-. The number of quaternary nitrogens is 1. The second-order valence-corrected chi connectivity index (χ2v) is 21.3. The number of allylic oxidation sites excluding steroid dienone is 26. The van der Waals surface area contributed by atoms with Gasteiger partial charge in [-0.3, -0.25) is 14.2 Å². The summed E-state index contributed by atoms with van der Waals surface area (Å²) in [6.07, 6.45) is 83.1. The number of rotatable bonds is 51. The van der Waals surface area contributed by atoms with E-state index in [0.29, 0.717) is 23.9 Å². The monoisotopic (exact) mass is 1070 g/mol. The van der Waals surface area contributed by atoms with Crippen molar-refractivity contribution in [2.75, 3.05) is 47.5 Å². The summed E-state index contributed by atoms with van der Waals surface area (Å²) in [5.74, 6) is -0.892. The van der Waals surface area contributed by atoms with Crippen molar-refractivity contribution in [1.29, 1.82) is 0 Å². The fourth-order valence-corrected chi connectivity index (χ4v) is 7.84. The van der Waals surface area contributed by atoms with Crippen LogP contribution in [-0.2, 0) is 32.7 Å². The number of unbranched alkanes of at least 4 members (excludes halogenated alkanes) is 11. The fraction of sp³-hybridized carbons (Fsp3) is 0.576. The maximum absolute atomic E-state index is 12.8. The topological polar surface area (TPSA) is 111 Å². The Morgan fingerprint density at radius 3 is 1.07 bits per heavy atom. The van der Waals surface area contributed by atoms with E-state index in [1.165, 1.54) is 25.7 Å². The van der Waals surface area contributed by atoms with Crippen molar-refractivity contribution in [3.8, 4) is 0 Å². The number of carbonyl (C=O) groups is 2. The molecule has 0 rings (SSSR count). The molecular formula is C66H106NO8P. The van der Waals surface area contributed by atoms with Gasteiger partial charge in [-0.05, 0) is 122 Å². The first kappa shape index (κ1) is 71.6. The van der Waals surface area contributed by atoms with Crippen LogP contribution >= 0.6 is 7.82 Å². The highest BCUT2D eigenvalue weighted by atomic mass is 31.2. The second-order valence-electron chi connectivity index (χ2n) is 19.9. The van der Waals surface area contributed by atoms with E-state index >= 15 is 0 Å². The minimum atomic E-state index is -4.65. The van der Waals surface area contributed by atoms with Crippen LogP contribution in [0.25, 0.3) is 0 Å². The van der Waals surface area contributed by atoms with Gasteiger partial charge in [-0.2, -0.15) is 0 Å². The van der Waals surface area contributed by atoms with Crippen molar-refractivity contribution >= 4 is 19.8 Å². The molecule has 0 radical (unpaired) electrons. The van der Waals surface area contributed by atoms with Crippen LogP contribution in [0.5, 0.6) is 0 Å². The molecule has 0 fully saturated rings. The molecule has 2 atom stereocenters. The molecule has 0 saturated carbocycles. The summed E-state index contributed by atoms with van der Waals surface area (Å²) < 4.78 is 34.0. The van der Waals surface area contributed by atoms with Gasteiger partial charge >= 0.3 is 11.9 Å². The van der Waals surface area contributed by atoms with E-state index in [9.17, 15) is 19.0 Å². The molecule has 0 N–H and O–H groups in total. The zero-order chi connectivity index (χ0) is 55.6. The molecule has 0 saturated heterocycles. The van der Waals surface area contributed by atoms with Crippen LogP contribution in [0.2, 0.25) is 0 Å². The minimum Gasteiger partial charge on any atom is -0.756 e. The van der Waals surface area contributed by atoms with Gasteiger partial charge in [0.2, 0.25) is 0 Å². The van der Waals surface area contributed by atoms with Gasteiger partial charge in [0.1, 0.15) is 19.8 Å². The Labute approximate surface area is 465 Å². The van der Waals surface area contributed by atoms with Crippen molar-refractivity contribution in [2.45, 2.75) is 200 Å². The maximum atomic E-state index is 12.8. The van der Waals surface area contributed by atoms with Gasteiger partial charge in [0, 0.05) is 12.8 Å². The Morgan fingerprint density at radius 1 is 0.408 bits per heavy atom. The molecule has 0 amide bonds. The molecule has 428 valence electrons. The molecule has 10 heteroatoms. The lowest BCUT2D eigenvalue weighted by molar-refractivity contribution is -0.870. The lowest BCUT2D eigenvalue weighted by atomic mass is 10.1. The summed E-state index contributed by atoms with van der Waals surface area (Å²) in [7, 11) is 1.12. The van der Waals surface area contributed by atoms with Crippen molar-refractivity contribution < 1.29 is 42.1 Å². The Bertz CT molecular complexity index is 1840.